The van der Waals surface area contributed by atoms with Crippen LogP contribution in [-0.4, -0.2) is 12.4 Å². The van der Waals surface area contributed by atoms with Crippen molar-refractivity contribution in [3.05, 3.63) is 30.3 Å². The molecule has 3 heteroatoms. The molecule has 0 fully saturated rings. The number of nitrogens with one attached hydrogen (secondary N) is 2. The summed E-state index contributed by atoms with van der Waals surface area (Å²) in [6.45, 7) is 0. The fourth-order valence-corrected chi connectivity index (χ4v) is 0.453. The van der Waals surface area contributed by atoms with Crippen LogP contribution in [0.15, 0.2) is 30.3 Å². The van der Waals surface area contributed by atoms with Gasteiger partial charge in [-0.05, 0) is 12.1 Å². The van der Waals surface area contributed by atoms with Crippen LogP contribution in [-0.2, 0) is 0 Å². The van der Waals surface area contributed by atoms with Crippen molar-refractivity contribution >= 4 is 18.1 Å². The van der Waals surface area contributed by atoms with Crippen LogP contribution < -0.4 is 5.73 Å². The van der Waals surface area contributed by atoms with Gasteiger partial charge in [0.15, 0.2) is 0 Å². The summed E-state index contributed by atoms with van der Waals surface area (Å²) < 4.78 is 0. The molecule has 0 aromatic heterocycles. The predicted octanol–water partition coefficient (Wildman–Crippen LogP) is 1.55. The van der Waals surface area contributed by atoms with E-state index in [0.717, 1.165) is 18.1 Å². The Hall–Kier alpha value is -1.64. The van der Waals surface area contributed by atoms with Gasteiger partial charge in [-0.3, -0.25) is 0 Å². The molecule has 0 unspecified atom stereocenters. The molecule has 0 saturated heterocycles. The third kappa shape index (κ3) is 6.24. The van der Waals surface area contributed by atoms with E-state index in [9.17, 15) is 0 Å². The molecule has 3 nitrogen and oxygen atoms in total. The van der Waals surface area contributed by atoms with Crippen molar-refractivity contribution in [3.63, 3.8) is 0 Å². The molecule has 0 aliphatic rings. The van der Waals surface area contributed by atoms with Gasteiger partial charge in [-0.15, -0.1) is 0 Å². The van der Waals surface area contributed by atoms with Gasteiger partial charge < -0.3 is 16.6 Å². The van der Waals surface area contributed by atoms with Crippen LogP contribution in [0.3, 0.4) is 0 Å². The first-order valence-electron chi connectivity index (χ1n) is 3.11. The van der Waals surface area contributed by atoms with E-state index < -0.39 is 0 Å². The van der Waals surface area contributed by atoms with Gasteiger partial charge >= 0.3 is 0 Å². The number of anilines is 1. The number of nitrogens with two attached hydrogens (primary N) is 1. The largest absolute Gasteiger partial charge is 0.399 e. The number of benzene rings is 1. The Morgan fingerprint density at radius 2 is 1.45 bits per heavy atom. The Kier molecular flexibility index (Phi) is 5.51. The van der Waals surface area contributed by atoms with Gasteiger partial charge in [-0.2, -0.15) is 0 Å². The van der Waals surface area contributed by atoms with Crippen LogP contribution in [0.5, 0.6) is 0 Å². The van der Waals surface area contributed by atoms with Gasteiger partial charge in [0, 0.05) is 18.1 Å². The molecule has 0 amide bonds. The van der Waals surface area contributed by atoms with Crippen molar-refractivity contribution in [2.75, 3.05) is 5.73 Å². The summed E-state index contributed by atoms with van der Waals surface area (Å²) in [5.41, 5.74) is 6.18. The fourth-order valence-electron chi connectivity index (χ4n) is 0.453. The van der Waals surface area contributed by atoms with E-state index in [-0.39, 0.29) is 0 Å². The van der Waals surface area contributed by atoms with E-state index in [1.54, 1.807) is 0 Å². The molecule has 0 bridgehead atoms. The molecule has 11 heavy (non-hydrogen) atoms. The van der Waals surface area contributed by atoms with Crippen molar-refractivity contribution < 1.29 is 0 Å². The first-order valence-corrected chi connectivity index (χ1v) is 3.11. The summed E-state index contributed by atoms with van der Waals surface area (Å²) in [4.78, 5) is 0. The van der Waals surface area contributed by atoms with Crippen molar-refractivity contribution in [2.45, 2.75) is 0 Å². The topological polar surface area (TPSA) is 73.7 Å². The van der Waals surface area contributed by atoms with Crippen LogP contribution in [0.2, 0.25) is 0 Å². The SMILES string of the molecule is N=CC=N.Nc1ccccc1. The maximum Gasteiger partial charge on any atom is 0.0353 e. The van der Waals surface area contributed by atoms with Crippen LogP contribution in [0.4, 0.5) is 5.69 Å². The molecule has 1 aromatic carbocycles. The van der Waals surface area contributed by atoms with Crippen LogP contribution in [0.25, 0.3) is 0 Å². The Morgan fingerprint density at radius 3 is 1.64 bits per heavy atom. The molecule has 0 saturated carbocycles. The van der Waals surface area contributed by atoms with E-state index in [1.807, 2.05) is 30.3 Å². The molecule has 0 atom stereocenters. The minimum Gasteiger partial charge on any atom is -0.399 e. The van der Waals surface area contributed by atoms with E-state index in [2.05, 4.69) is 0 Å². The van der Waals surface area contributed by atoms with E-state index in [1.165, 1.54) is 0 Å². The summed E-state index contributed by atoms with van der Waals surface area (Å²) in [6.07, 6.45) is 1.83. The van der Waals surface area contributed by atoms with Crippen molar-refractivity contribution in [3.8, 4) is 0 Å². The zero-order chi connectivity index (χ0) is 8.53. The van der Waals surface area contributed by atoms with Crippen LogP contribution >= 0.6 is 0 Å². The van der Waals surface area contributed by atoms with E-state index in [0.29, 0.717) is 0 Å². The zero-order valence-electron chi connectivity index (χ0n) is 6.12. The van der Waals surface area contributed by atoms with E-state index >= 15 is 0 Å². The fraction of sp³-hybridized carbons (Fsp3) is 0. The first-order chi connectivity index (χ1) is 5.31. The van der Waals surface area contributed by atoms with Gasteiger partial charge in [-0.1, -0.05) is 18.2 Å². The second-order valence-electron chi connectivity index (χ2n) is 1.74. The molecule has 0 heterocycles. The second-order valence-corrected chi connectivity index (χ2v) is 1.74. The number of hydrogen-bond acceptors (Lipinski definition) is 3. The number of para-hydroxylation sites is 1. The first kappa shape index (κ1) is 9.36. The van der Waals surface area contributed by atoms with E-state index in [4.69, 9.17) is 16.6 Å². The van der Waals surface area contributed by atoms with Crippen molar-refractivity contribution in [1.82, 2.24) is 0 Å². The maximum absolute atomic E-state index is 6.08. The predicted molar refractivity (Wildman–Crippen MR) is 48.4 cm³/mol. The monoisotopic (exact) mass is 149 g/mol. The number of hydrogen-bond donors (Lipinski definition) is 3. The van der Waals surface area contributed by atoms with Crippen molar-refractivity contribution in [2.24, 2.45) is 0 Å². The molecule has 0 spiro atoms. The molecule has 1 aromatic rings. The highest BCUT2D eigenvalue weighted by molar-refractivity contribution is 6.12. The quantitative estimate of drug-likeness (QED) is 0.411. The number of nitrogen functional groups attached to an aromatic ring is 1. The molecule has 58 valence electrons. The third-order valence-corrected chi connectivity index (χ3v) is 0.883. The summed E-state index contributed by atoms with van der Waals surface area (Å²) in [5.74, 6) is 0. The molecule has 0 radical (unpaired) electrons. The summed E-state index contributed by atoms with van der Waals surface area (Å²) in [6, 6.07) is 9.49. The minimum absolute atomic E-state index is 0.822. The minimum atomic E-state index is 0.822. The lowest BCUT2D eigenvalue weighted by atomic mass is 10.3. The van der Waals surface area contributed by atoms with Gasteiger partial charge in [0.1, 0.15) is 0 Å². The molecule has 0 aliphatic carbocycles. The molecule has 4 N–H and O–H groups in total. The highest BCUT2D eigenvalue weighted by Crippen LogP contribution is 1.95. The average molecular weight is 149 g/mol. The highest BCUT2D eigenvalue weighted by Gasteiger charge is 1.72. The molecule has 1 rings (SSSR count). The Balaban J connectivity index is 0.000000218. The third-order valence-electron chi connectivity index (χ3n) is 0.883. The summed E-state index contributed by atoms with van der Waals surface area (Å²) in [7, 11) is 0. The molecular formula is C8H11N3. The Bertz CT molecular complexity index is 200. The Labute approximate surface area is 65.9 Å². The summed E-state index contributed by atoms with van der Waals surface area (Å²) in [5, 5.41) is 12.2. The lowest BCUT2D eigenvalue weighted by molar-refractivity contribution is 1.55. The lowest BCUT2D eigenvalue weighted by Gasteiger charge is -1.83. The average Bonchev–Trinajstić information content (AvgIpc) is 2.07. The van der Waals surface area contributed by atoms with Gasteiger partial charge in [0.05, 0.1) is 0 Å². The van der Waals surface area contributed by atoms with Gasteiger partial charge in [0.25, 0.3) is 0 Å². The smallest absolute Gasteiger partial charge is 0.0353 e. The summed E-state index contributed by atoms with van der Waals surface area (Å²) >= 11 is 0. The normalized spacial score (nSPS) is 7.27. The lowest BCUT2D eigenvalue weighted by Crippen LogP contribution is -1.79. The highest BCUT2D eigenvalue weighted by atomic mass is 14.5. The second kappa shape index (κ2) is 6.48. The standard InChI is InChI=1S/C6H7N.C2H4N2/c7-6-4-2-1-3-5-6;3-1-2-4/h1-5H,7H2;1-4H. The Morgan fingerprint density at radius 1 is 1.00 bits per heavy atom. The molecular weight excluding hydrogens is 138 g/mol. The maximum atomic E-state index is 6.08. The van der Waals surface area contributed by atoms with Crippen LogP contribution in [0, 0.1) is 10.8 Å². The van der Waals surface area contributed by atoms with Crippen LogP contribution in [0.1, 0.15) is 0 Å². The molecule has 0 aliphatic heterocycles. The van der Waals surface area contributed by atoms with Gasteiger partial charge in [0.2, 0.25) is 0 Å². The zero-order valence-corrected chi connectivity index (χ0v) is 6.12. The number of rotatable bonds is 1. The van der Waals surface area contributed by atoms with Crippen molar-refractivity contribution in [1.29, 1.82) is 10.8 Å². The van der Waals surface area contributed by atoms with Gasteiger partial charge in [-0.25, -0.2) is 0 Å².